The fraction of sp³-hybridized carbons (Fsp3) is 0.533. The zero-order valence-corrected chi connectivity index (χ0v) is 12.6. The quantitative estimate of drug-likeness (QED) is 0.555. The molecule has 1 unspecified atom stereocenters. The van der Waals surface area contributed by atoms with Gasteiger partial charge >= 0.3 is 0 Å². The second-order valence-corrected chi connectivity index (χ2v) is 4.78. The predicted octanol–water partition coefficient (Wildman–Crippen LogP) is 1.59. The summed E-state index contributed by atoms with van der Waals surface area (Å²) in [5.41, 5.74) is 1.36. The minimum Gasteiger partial charge on any atom is -0.494 e. The van der Waals surface area contributed by atoms with E-state index in [4.69, 9.17) is 9.84 Å². The van der Waals surface area contributed by atoms with Gasteiger partial charge in [-0.05, 0) is 18.6 Å². The number of hydrogen-bond donors (Lipinski definition) is 4. The van der Waals surface area contributed by atoms with Crippen LogP contribution >= 0.6 is 0 Å². The number of amides is 1. The lowest BCUT2D eigenvalue weighted by molar-refractivity contribution is -0.116. The lowest BCUT2D eigenvalue weighted by Crippen LogP contribution is -2.22. The number of methoxy groups -OCH3 is 1. The molecule has 1 rings (SSSR count). The monoisotopic (exact) mass is 296 g/mol. The van der Waals surface area contributed by atoms with Crippen LogP contribution in [-0.4, -0.2) is 42.5 Å². The fourth-order valence-corrected chi connectivity index (χ4v) is 1.75. The Morgan fingerprint density at radius 3 is 2.81 bits per heavy atom. The van der Waals surface area contributed by atoms with Gasteiger partial charge in [-0.15, -0.1) is 0 Å². The van der Waals surface area contributed by atoms with E-state index in [9.17, 15) is 9.90 Å². The highest BCUT2D eigenvalue weighted by Gasteiger charge is 2.09. The summed E-state index contributed by atoms with van der Waals surface area (Å²) < 4.78 is 5.26. The van der Waals surface area contributed by atoms with Crippen LogP contribution in [0.15, 0.2) is 18.2 Å². The zero-order valence-electron chi connectivity index (χ0n) is 12.6. The summed E-state index contributed by atoms with van der Waals surface area (Å²) in [5, 5.41) is 23.9. The number of ether oxygens (including phenoxy) is 1. The molecule has 6 heteroatoms. The average molecular weight is 296 g/mol. The molecule has 0 aliphatic carbocycles. The van der Waals surface area contributed by atoms with Crippen LogP contribution in [0.2, 0.25) is 0 Å². The lowest BCUT2D eigenvalue weighted by Gasteiger charge is -2.14. The summed E-state index contributed by atoms with van der Waals surface area (Å²) in [6.07, 6.45) is 1.50. The minimum atomic E-state index is -0.815. The number of aliphatic hydroxyl groups excluding tert-OH is 2. The normalized spacial score (nSPS) is 11.8. The highest BCUT2D eigenvalue weighted by Crippen LogP contribution is 2.28. The Kier molecular flexibility index (Phi) is 7.56. The Bertz CT molecular complexity index is 451. The first-order valence-electron chi connectivity index (χ1n) is 7.11. The van der Waals surface area contributed by atoms with Crippen LogP contribution < -0.4 is 15.4 Å². The zero-order chi connectivity index (χ0) is 15.7. The summed E-state index contributed by atoms with van der Waals surface area (Å²) in [6.45, 7) is 1.98. The van der Waals surface area contributed by atoms with Crippen LogP contribution in [0.1, 0.15) is 26.2 Å². The van der Waals surface area contributed by atoms with Crippen molar-refractivity contribution in [3.8, 4) is 5.75 Å². The van der Waals surface area contributed by atoms with Gasteiger partial charge in [-0.3, -0.25) is 4.79 Å². The summed E-state index contributed by atoms with van der Waals surface area (Å²) >= 11 is 0. The number of nitrogens with one attached hydrogen (secondary N) is 2. The van der Waals surface area contributed by atoms with E-state index in [0.29, 0.717) is 17.9 Å². The molecule has 1 amide bonds. The van der Waals surface area contributed by atoms with E-state index in [2.05, 4.69) is 10.6 Å². The number of hydrogen-bond acceptors (Lipinski definition) is 5. The SMILES string of the molecule is CCCCC(=O)Nc1ccc(NCC(O)CO)cc1OC. The van der Waals surface area contributed by atoms with Crippen molar-refractivity contribution in [2.24, 2.45) is 0 Å². The molecule has 0 radical (unpaired) electrons. The van der Waals surface area contributed by atoms with Crippen LogP contribution in [-0.2, 0) is 4.79 Å². The third-order valence-corrected chi connectivity index (χ3v) is 2.99. The van der Waals surface area contributed by atoms with Crippen molar-refractivity contribution in [3.63, 3.8) is 0 Å². The molecule has 1 aromatic carbocycles. The Morgan fingerprint density at radius 1 is 1.43 bits per heavy atom. The van der Waals surface area contributed by atoms with Gasteiger partial charge in [0, 0.05) is 24.7 Å². The number of unbranched alkanes of at least 4 members (excludes halogenated alkanes) is 1. The van der Waals surface area contributed by atoms with Crippen molar-refractivity contribution in [2.75, 3.05) is 30.9 Å². The number of aliphatic hydroxyl groups is 2. The van der Waals surface area contributed by atoms with E-state index < -0.39 is 6.10 Å². The first-order chi connectivity index (χ1) is 10.1. The average Bonchev–Trinajstić information content (AvgIpc) is 2.51. The molecule has 0 saturated heterocycles. The van der Waals surface area contributed by atoms with E-state index in [1.807, 2.05) is 6.92 Å². The first-order valence-corrected chi connectivity index (χ1v) is 7.11. The number of benzene rings is 1. The molecule has 21 heavy (non-hydrogen) atoms. The molecule has 0 aliphatic heterocycles. The maximum Gasteiger partial charge on any atom is 0.224 e. The van der Waals surface area contributed by atoms with E-state index in [1.165, 1.54) is 7.11 Å². The van der Waals surface area contributed by atoms with Crippen molar-refractivity contribution in [2.45, 2.75) is 32.3 Å². The molecular weight excluding hydrogens is 272 g/mol. The molecule has 0 fully saturated rings. The standard InChI is InChI=1S/C15H24N2O4/c1-3-4-5-15(20)17-13-7-6-11(8-14(13)21-2)16-9-12(19)10-18/h6-8,12,16,18-19H,3-5,9-10H2,1-2H3,(H,17,20). The topological polar surface area (TPSA) is 90.8 Å². The Morgan fingerprint density at radius 2 is 2.19 bits per heavy atom. The van der Waals surface area contributed by atoms with E-state index in [0.717, 1.165) is 18.5 Å². The van der Waals surface area contributed by atoms with Crippen LogP contribution in [0, 0.1) is 0 Å². The van der Waals surface area contributed by atoms with E-state index in [1.54, 1.807) is 18.2 Å². The molecule has 1 atom stereocenters. The van der Waals surface area contributed by atoms with Gasteiger partial charge in [-0.25, -0.2) is 0 Å². The largest absolute Gasteiger partial charge is 0.494 e. The van der Waals surface area contributed by atoms with Crippen molar-refractivity contribution >= 4 is 17.3 Å². The van der Waals surface area contributed by atoms with Gasteiger partial charge in [-0.1, -0.05) is 13.3 Å². The van der Waals surface area contributed by atoms with Crippen LogP contribution in [0.4, 0.5) is 11.4 Å². The molecule has 0 saturated carbocycles. The molecule has 0 aromatic heterocycles. The molecule has 4 N–H and O–H groups in total. The lowest BCUT2D eigenvalue weighted by atomic mass is 10.2. The highest BCUT2D eigenvalue weighted by molar-refractivity contribution is 5.92. The maximum atomic E-state index is 11.7. The molecule has 0 bridgehead atoms. The minimum absolute atomic E-state index is 0.0356. The number of carbonyl (C=O) groups is 1. The Balaban J connectivity index is 2.67. The predicted molar refractivity (Wildman–Crippen MR) is 82.7 cm³/mol. The van der Waals surface area contributed by atoms with Gasteiger partial charge in [0.15, 0.2) is 0 Å². The summed E-state index contributed by atoms with van der Waals surface area (Å²) in [5.74, 6) is 0.509. The van der Waals surface area contributed by atoms with Crippen LogP contribution in [0.3, 0.4) is 0 Å². The van der Waals surface area contributed by atoms with Crippen LogP contribution in [0.5, 0.6) is 5.75 Å². The third kappa shape index (κ3) is 6.01. The third-order valence-electron chi connectivity index (χ3n) is 2.99. The second-order valence-electron chi connectivity index (χ2n) is 4.78. The van der Waals surface area contributed by atoms with Crippen molar-refractivity contribution in [1.82, 2.24) is 0 Å². The number of rotatable bonds is 9. The molecule has 0 heterocycles. The smallest absolute Gasteiger partial charge is 0.224 e. The molecule has 0 aliphatic rings. The van der Waals surface area contributed by atoms with Gasteiger partial charge in [0.05, 0.1) is 25.5 Å². The fourth-order valence-electron chi connectivity index (χ4n) is 1.75. The van der Waals surface area contributed by atoms with Gasteiger partial charge in [0.2, 0.25) is 5.91 Å². The van der Waals surface area contributed by atoms with E-state index >= 15 is 0 Å². The maximum absolute atomic E-state index is 11.7. The second kappa shape index (κ2) is 9.20. The van der Waals surface area contributed by atoms with Gasteiger partial charge < -0.3 is 25.6 Å². The Labute approximate surface area is 125 Å². The molecule has 118 valence electrons. The first kappa shape index (κ1) is 17.3. The number of anilines is 2. The van der Waals surface area contributed by atoms with Crippen molar-refractivity contribution < 1.29 is 19.7 Å². The summed E-state index contributed by atoms with van der Waals surface area (Å²) in [7, 11) is 1.53. The van der Waals surface area contributed by atoms with Gasteiger partial charge in [0.25, 0.3) is 0 Å². The molecule has 0 spiro atoms. The van der Waals surface area contributed by atoms with Crippen molar-refractivity contribution in [3.05, 3.63) is 18.2 Å². The summed E-state index contributed by atoms with van der Waals surface area (Å²) in [4.78, 5) is 11.7. The van der Waals surface area contributed by atoms with Gasteiger partial charge in [0.1, 0.15) is 5.75 Å². The number of carbonyl (C=O) groups excluding carboxylic acids is 1. The van der Waals surface area contributed by atoms with Crippen LogP contribution in [0.25, 0.3) is 0 Å². The Hall–Kier alpha value is -1.79. The van der Waals surface area contributed by atoms with Crippen molar-refractivity contribution in [1.29, 1.82) is 0 Å². The van der Waals surface area contributed by atoms with Gasteiger partial charge in [-0.2, -0.15) is 0 Å². The molecule has 1 aromatic rings. The molecular formula is C15H24N2O4. The molecule has 6 nitrogen and oxygen atoms in total. The summed E-state index contributed by atoms with van der Waals surface area (Å²) in [6, 6.07) is 5.26. The highest BCUT2D eigenvalue weighted by atomic mass is 16.5. The van der Waals surface area contributed by atoms with E-state index in [-0.39, 0.29) is 19.1 Å².